The molecule has 0 radical (unpaired) electrons. The molecule has 2 rings (SSSR count). The number of benzene rings is 1. The van der Waals surface area contributed by atoms with Gasteiger partial charge >= 0.3 is 5.97 Å². The number of hydrogen-bond acceptors (Lipinski definition) is 4. The quantitative estimate of drug-likeness (QED) is 0.812. The maximum atomic E-state index is 12.1. The summed E-state index contributed by atoms with van der Waals surface area (Å²) >= 11 is 0. The molecule has 0 aliphatic heterocycles. The van der Waals surface area contributed by atoms with Crippen molar-refractivity contribution in [2.24, 2.45) is 0 Å². The summed E-state index contributed by atoms with van der Waals surface area (Å²) in [6.45, 7) is 2.98. The minimum atomic E-state index is -0.838. The van der Waals surface area contributed by atoms with E-state index in [-0.39, 0.29) is 17.9 Å². The van der Waals surface area contributed by atoms with Crippen molar-refractivity contribution in [2.45, 2.75) is 58.1 Å². The Bertz CT molecular complexity index is 592. The monoisotopic (exact) mass is 332 g/mol. The van der Waals surface area contributed by atoms with E-state index in [9.17, 15) is 14.4 Å². The second-order valence-corrected chi connectivity index (χ2v) is 6.15. The summed E-state index contributed by atoms with van der Waals surface area (Å²) in [6, 6.07) is 6.53. The fourth-order valence-electron chi connectivity index (χ4n) is 2.74. The molecule has 24 heavy (non-hydrogen) atoms. The van der Waals surface area contributed by atoms with E-state index < -0.39 is 12.1 Å². The van der Waals surface area contributed by atoms with Crippen molar-refractivity contribution < 1.29 is 19.1 Å². The molecule has 1 aliphatic carbocycles. The van der Waals surface area contributed by atoms with Gasteiger partial charge in [-0.3, -0.25) is 9.59 Å². The van der Waals surface area contributed by atoms with Crippen LogP contribution < -0.4 is 10.6 Å². The van der Waals surface area contributed by atoms with Crippen LogP contribution in [0.3, 0.4) is 0 Å². The predicted octanol–water partition coefficient (Wildman–Crippen LogP) is 2.64. The number of ether oxygens (including phenoxy) is 1. The molecule has 0 heterocycles. The lowest BCUT2D eigenvalue weighted by Gasteiger charge is -2.24. The van der Waals surface area contributed by atoms with E-state index >= 15 is 0 Å². The van der Waals surface area contributed by atoms with Crippen molar-refractivity contribution in [3.63, 3.8) is 0 Å². The second-order valence-electron chi connectivity index (χ2n) is 6.15. The van der Waals surface area contributed by atoms with E-state index in [2.05, 4.69) is 10.6 Å². The summed E-state index contributed by atoms with van der Waals surface area (Å²) in [4.78, 5) is 35.2. The third-order valence-corrected chi connectivity index (χ3v) is 4.05. The van der Waals surface area contributed by atoms with E-state index in [0.29, 0.717) is 11.3 Å². The van der Waals surface area contributed by atoms with Crippen LogP contribution in [0.25, 0.3) is 0 Å². The molecule has 0 unspecified atom stereocenters. The molecule has 1 atom stereocenters. The Morgan fingerprint density at radius 3 is 2.29 bits per heavy atom. The van der Waals surface area contributed by atoms with Crippen LogP contribution in [0.15, 0.2) is 24.3 Å². The summed E-state index contributed by atoms with van der Waals surface area (Å²) in [5.74, 6) is -1.00. The van der Waals surface area contributed by atoms with Crippen molar-refractivity contribution in [3.8, 4) is 0 Å². The van der Waals surface area contributed by atoms with Crippen LogP contribution in [-0.2, 0) is 14.3 Å². The van der Waals surface area contributed by atoms with Gasteiger partial charge in [-0.15, -0.1) is 0 Å². The zero-order valence-electron chi connectivity index (χ0n) is 14.1. The van der Waals surface area contributed by atoms with Crippen LogP contribution in [0, 0.1) is 0 Å². The first-order chi connectivity index (χ1) is 11.5. The number of amides is 2. The number of carbonyl (C=O) groups excluding carboxylic acids is 3. The lowest BCUT2D eigenvalue weighted by molar-refractivity contribution is -0.130. The fourth-order valence-corrected chi connectivity index (χ4v) is 2.74. The summed E-state index contributed by atoms with van der Waals surface area (Å²) in [5.41, 5.74) is 0.934. The zero-order valence-corrected chi connectivity index (χ0v) is 14.1. The average Bonchev–Trinajstić information content (AvgIpc) is 2.55. The fraction of sp³-hybridized carbons (Fsp3) is 0.500. The summed E-state index contributed by atoms with van der Waals surface area (Å²) in [7, 11) is 0. The molecule has 1 aliphatic rings. The normalized spacial score (nSPS) is 16.1. The largest absolute Gasteiger partial charge is 0.449 e. The lowest BCUT2D eigenvalue weighted by Crippen LogP contribution is -2.42. The van der Waals surface area contributed by atoms with Gasteiger partial charge in [0.2, 0.25) is 5.91 Å². The van der Waals surface area contributed by atoms with Crippen LogP contribution in [0.5, 0.6) is 0 Å². The SMILES string of the molecule is CC(=O)Nc1ccc(C(=O)O[C@@H](C)C(=O)NC2CCCCC2)cc1. The van der Waals surface area contributed by atoms with Gasteiger partial charge in [-0.25, -0.2) is 4.79 Å². The van der Waals surface area contributed by atoms with Gasteiger partial charge in [0.15, 0.2) is 6.10 Å². The molecule has 0 saturated heterocycles. The Labute approximate surface area is 142 Å². The minimum absolute atomic E-state index is 0.182. The Balaban J connectivity index is 1.85. The molecule has 2 N–H and O–H groups in total. The third kappa shape index (κ3) is 5.37. The first-order valence-electron chi connectivity index (χ1n) is 8.34. The molecule has 6 heteroatoms. The lowest BCUT2D eigenvalue weighted by atomic mass is 9.95. The molecule has 0 bridgehead atoms. The molecule has 0 aromatic heterocycles. The maximum Gasteiger partial charge on any atom is 0.338 e. The first-order valence-corrected chi connectivity index (χ1v) is 8.34. The van der Waals surface area contributed by atoms with Crippen LogP contribution in [0.2, 0.25) is 0 Å². The van der Waals surface area contributed by atoms with E-state index in [0.717, 1.165) is 25.7 Å². The van der Waals surface area contributed by atoms with Gasteiger partial charge in [-0.2, -0.15) is 0 Å². The van der Waals surface area contributed by atoms with Gasteiger partial charge in [-0.05, 0) is 44.0 Å². The molecule has 130 valence electrons. The number of nitrogens with one attached hydrogen (secondary N) is 2. The molecule has 1 saturated carbocycles. The minimum Gasteiger partial charge on any atom is -0.449 e. The highest BCUT2D eigenvalue weighted by Gasteiger charge is 2.22. The smallest absolute Gasteiger partial charge is 0.338 e. The van der Waals surface area contributed by atoms with Crippen LogP contribution in [0.1, 0.15) is 56.3 Å². The molecule has 1 aromatic carbocycles. The highest BCUT2D eigenvalue weighted by molar-refractivity contribution is 5.93. The van der Waals surface area contributed by atoms with Crippen molar-refractivity contribution in [1.29, 1.82) is 0 Å². The molecule has 6 nitrogen and oxygen atoms in total. The highest BCUT2D eigenvalue weighted by Crippen LogP contribution is 2.17. The van der Waals surface area contributed by atoms with Crippen molar-refractivity contribution in [2.75, 3.05) is 5.32 Å². The predicted molar refractivity (Wildman–Crippen MR) is 90.6 cm³/mol. The topological polar surface area (TPSA) is 84.5 Å². The summed E-state index contributed by atoms with van der Waals surface area (Å²) in [6.07, 6.45) is 4.59. The van der Waals surface area contributed by atoms with E-state index in [1.165, 1.54) is 13.3 Å². The second kappa shape index (κ2) is 8.47. The van der Waals surface area contributed by atoms with Gasteiger partial charge in [0.05, 0.1) is 5.56 Å². The summed E-state index contributed by atoms with van der Waals surface area (Å²) in [5, 5.41) is 5.56. The molecule has 0 spiro atoms. The van der Waals surface area contributed by atoms with Crippen LogP contribution in [-0.4, -0.2) is 29.9 Å². The number of anilines is 1. The molecular formula is C18H24N2O4. The zero-order chi connectivity index (χ0) is 17.5. The number of esters is 1. The van der Waals surface area contributed by atoms with E-state index in [1.807, 2.05) is 0 Å². The average molecular weight is 332 g/mol. The summed E-state index contributed by atoms with van der Waals surface area (Å²) < 4.78 is 5.22. The number of hydrogen-bond donors (Lipinski definition) is 2. The van der Waals surface area contributed by atoms with Crippen molar-refractivity contribution in [1.82, 2.24) is 5.32 Å². The molecule has 1 fully saturated rings. The molecular weight excluding hydrogens is 308 g/mol. The van der Waals surface area contributed by atoms with Gasteiger partial charge in [0, 0.05) is 18.7 Å². The Hall–Kier alpha value is -2.37. The third-order valence-electron chi connectivity index (χ3n) is 4.05. The van der Waals surface area contributed by atoms with Gasteiger partial charge in [0.25, 0.3) is 5.91 Å². The Morgan fingerprint density at radius 2 is 1.71 bits per heavy atom. The van der Waals surface area contributed by atoms with E-state index in [1.54, 1.807) is 31.2 Å². The number of rotatable bonds is 5. The Kier molecular flexibility index (Phi) is 6.35. The highest BCUT2D eigenvalue weighted by atomic mass is 16.5. The van der Waals surface area contributed by atoms with Crippen molar-refractivity contribution in [3.05, 3.63) is 29.8 Å². The van der Waals surface area contributed by atoms with E-state index in [4.69, 9.17) is 4.74 Å². The molecule has 2 amide bonds. The Morgan fingerprint density at radius 1 is 1.08 bits per heavy atom. The van der Waals surface area contributed by atoms with Crippen LogP contribution >= 0.6 is 0 Å². The van der Waals surface area contributed by atoms with Crippen LogP contribution in [0.4, 0.5) is 5.69 Å². The van der Waals surface area contributed by atoms with Gasteiger partial charge < -0.3 is 15.4 Å². The maximum absolute atomic E-state index is 12.1. The van der Waals surface area contributed by atoms with Gasteiger partial charge in [-0.1, -0.05) is 19.3 Å². The molecule has 1 aromatic rings. The first kappa shape index (κ1) is 18.0. The van der Waals surface area contributed by atoms with Crippen molar-refractivity contribution >= 4 is 23.5 Å². The van der Waals surface area contributed by atoms with Gasteiger partial charge in [0.1, 0.15) is 0 Å². The standard InChI is InChI=1S/C18H24N2O4/c1-12(17(22)20-15-6-4-3-5-7-15)24-18(23)14-8-10-16(11-9-14)19-13(2)21/h8-12,15H,3-7H2,1-2H3,(H,19,21)(H,20,22)/t12-/m0/s1. The number of carbonyl (C=O) groups is 3.